The van der Waals surface area contributed by atoms with Crippen molar-refractivity contribution in [3.05, 3.63) is 337 Å². The Labute approximate surface area is 546 Å². The molecule has 0 fully saturated rings. The Morgan fingerprint density at radius 1 is 0.345 bits per heavy atom. The van der Waals surface area contributed by atoms with Gasteiger partial charge in [-0.05, 0) is 113 Å². The molecule has 1 spiro atoms. The molecule has 0 saturated carbocycles. The van der Waals surface area contributed by atoms with Gasteiger partial charge in [-0.3, -0.25) is 9.13 Å². The van der Waals surface area contributed by atoms with Crippen LogP contribution in [0, 0.1) is 0 Å². The van der Waals surface area contributed by atoms with Crippen LogP contribution >= 0.6 is 0 Å². The van der Waals surface area contributed by atoms with Crippen LogP contribution in [0.25, 0.3) is 88.8 Å². The van der Waals surface area contributed by atoms with Crippen LogP contribution in [0.5, 0.6) is 0 Å². The summed E-state index contributed by atoms with van der Waals surface area (Å²) in [5.41, 5.74) is 0.820. The second-order valence-corrected chi connectivity index (χ2v) is 24.4. The van der Waals surface area contributed by atoms with E-state index in [2.05, 4.69) is 0 Å². The van der Waals surface area contributed by atoms with Crippen LogP contribution in [0.1, 0.15) is 63.4 Å². The van der Waals surface area contributed by atoms with Crippen LogP contribution in [-0.4, -0.2) is 32.2 Å². The summed E-state index contributed by atoms with van der Waals surface area (Å²) in [6, 6.07) is 11.2. The predicted octanol–water partition coefficient (Wildman–Crippen LogP) is 16.4. The van der Waals surface area contributed by atoms with Crippen molar-refractivity contribution in [3.8, 4) is 34.4 Å². The lowest BCUT2D eigenvalue weighted by Gasteiger charge is -2.46. The molecule has 3 aromatic heterocycles. The summed E-state index contributed by atoms with van der Waals surface area (Å²) in [6.07, 6.45) is 0. The quantitative estimate of drug-likeness (QED) is 0.112. The molecule has 0 atom stereocenters. The van der Waals surface area contributed by atoms with Gasteiger partial charge in [0.15, 0.2) is 13.9 Å². The SMILES string of the molecule is [2H]c1c([2H])c([2H])c([Si](c2ccc3c(c2)N(c2ccc4ccccc4c2)c2ccccc2C32c3ccccc3-c3ccccc32)(c2c([2H])c([2H])c([2H])c([2H])c2[2H])c2c([2H])c([2H])c([2H])c(-c3nc(-n4c5c([2H])c([2H])c([2H])c([2H])c5c5c([2H])c([2H])c([2H])c([2H])c54)nc(-n4c5c([2H])c([2H])c([2H])c([2H])c5c5c([2H])c([2H])c([2H])c([2H])c54)n3)c2[2H])c([2H])c1[2H]. The van der Waals surface area contributed by atoms with Gasteiger partial charge in [0.05, 0.1) is 80.0 Å². The highest BCUT2D eigenvalue weighted by atomic mass is 28.3. The number of fused-ring (bicyclic) bond motifs is 16. The Hall–Kier alpha value is -11.3. The summed E-state index contributed by atoms with van der Waals surface area (Å²) < 4.78 is 290. The first-order chi connectivity index (χ1) is 55.6. The van der Waals surface area contributed by atoms with E-state index < -0.39 is 277 Å². The minimum absolute atomic E-state index is 0.252. The van der Waals surface area contributed by atoms with E-state index in [4.69, 9.17) is 28.7 Å². The number of para-hydroxylation sites is 5. The highest BCUT2D eigenvalue weighted by molar-refractivity contribution is 7.20. The third kappa shape index (κ3) is 7.06. The number of hydrogen-bond acceptors (Lipinski definition) is 4. The molecule has 6 nitrogen and oxygen atoms in total. The Bertz CT molecular complexity index is 6820. The Morgan fingerprint density at radius 3 is 1.39 bits per heavy atom. The molecule has 0 unspecified atom stereocenters. The highest BCUT2D eigenvalue weighted by Gasteiger charge is 2.53. The van der Waals surface area contributed by atoms with Crippen LogP contribution in [0.3, 0.4) is 0 Å². The number of rotatable bonds is 8. The molecule has 16 aromatic rings. The fraction of sp³-hybridized carbons (Fsp3) is 0.0125. The van der Waals surface area contributed by atoms with Gasteiger partial charge < -0.3 is 4.90 Å². The lowest BCUT2D eigenvalue weighted by molar-refractivity contribution is 0.753. The minimum atomic E-state index is -6.28. The standard InChI is InChI=1S/C80H52N6Si/c1-3-27-57(28-4-1)87(58-29-5-2-6-30-58,60-48-49-70-76(52-60)84(56-47-46-53-24-7-8-25-54(53)50-56)75-45-22-17-40-69(75)80(70)67-38-15-9-32-61(67)62-33-10-16-39-68(62)80)59-31-23-26-55(51-59)77-81-78(85-71-41-18-11-34-63(71)64-35-12-19-42-72(64)85)83-79(82-77)86-73-43-20-13-36-65(73)66-37-14-21-44-74(66)86/h1-52H/i1D,2D,3D,4D,5D,6D,11D,12D,13D,14D,18D,19D,20D,21D,23D,26D,27D,28D,29D,30D,31D,34D,35D,36D,37D,41D,42D,43D,44D,51D. The Balaban J connectivity index is 1.07. The molecule has 0 bridgehead atoms. The fourth-order valence-corrected chi connectivity index (χ4v) is 17.0. The van der Waals surface area contributed by atoms with Crippen molar-refractivity contribution in [2.45, 2.75) is 5.41 Å². The van der Waals surface area contributed by atoms with Gasteiger partial charge in [0.1, 0.15) is 0 Å². The summed E-state index contributed by atoms with van der Waals surface area (Å²) in [5.74, 6) is -3.09. The summed E-state index contributed by atoms with van der Waals surface area (Å²) in [4.78, 5) is 16.4. The highest BCUT2D eigenvalue weighted by Crippen LogP contribution is 2.63. The largest absolute Gasteiger partial charge is 0.310 e. The van der Waals surface area contributed by atoms with E-state index in [1.807, 2.05) is 120 Å². The zero-order chi connectivity index (χ0) is 83.3. The van der Waals surface area contributed by atoms with Gasteiger partial charge in [-0.1, -0.05) is 266 Å². The molecule has 87 heavy (non-hydrogen) atoms. The van der Waals surface area contributed by atoms with E-state index in [0.29, 0.717) is 16.9 Å². The second kappa shape index (κ2) is 19.1. The van der Waals surface area contributed by atoms with E-state index in [1.165, 1.54) is 6.07 Å². The zero-order valence-electron chi connectivity index (χ0n) is 74.9. The molecule has 0 N–H and O–H groups in total. The van der Waals surface area contributed by atoms with Gasteiger partial charge in [-0.25, -0.2) is 0 Å². The average molecular weight is 1160 g/mol. The van der Waals surface area contributed by atoms with Gasteiger partial charge in [0.25, 0.3) is 0 Å². The minimum Gasteiger partial charge on any atom is -0.310 e. The van der Waals surface area contributed by atoms with Gasteiger partial charge in [-0.15, -0.1) is 0 Å². The van der Waals surface area contributed by atoms with Crippen molar-refractivity contribution < 1.29 is 41.1 Å². The van der Waals surface area contributed by atoms with Crippen molar-refractivity contribution >= 4 is 100 Å². The molecular formula is C80H52N6Si. The molecule has 13 aromatic carbocycles. The van der Waals surface area contributed by atoms with Crippen LogP contribution in [0.2, 0.25) is 0 Å². The first-order valence-corrected chi connectivity index (χ1v) is 29.4. The molecule has 18 rings (SSSR count). The van der Waals surface area contributed by atoms with Gasteiger partial charge in [-0.2, -0.15) is 15.0 Å². The van der Waals surface area contributed by atoms with Gasteiger partial charge in [0, 0.05) is 32.8 Å². The lowest BCUT2D eigenvalue weighted by Crippen LogP contribution is -2.74. The molecule has 0 radical (unpaired) electrons. The topological polar surface area (TPSA) is 51.8 Å². The van der Waals surface area contributed by atoms with E-state index >= 15 is 0 Å². The molecule has 1 aliphatic heterocycles. The normalized spacial score (nSPS) is 18.0. The van der Waals surface area contributed by atoms with Gasteiger partial charge >= 0.3 is 0 Å². The first kappa shape index (κ1) is 28.1. The number of aromatic nitrogens is 5. The maximum atomic E-state index is 11.3. The molecule has 406 valence electrons. The molecule has 1 aliphatic carbocycles. The third-order valence-electron chi connectivity index (χ3n) is 16.6. The summed E-state index contributed by atoms with van der Waals surface area (Å²) in [7, 11) is -6.28. The first-order valence-electron chi connectivity index (χ1n) is 42.4. The Kier molecular flexibility index (Phi) is 6.18. The number of anilines is 3. The van der Waals surface area contributed by atoms with E-state index in [-0.39, 0.29) is 10.9 Å². The molecule has 0 amide bonds. The Morgan fingerprint density at radius 2 is 0.816 bits per heavy atom. The summed E-state index contributed by atoms with van der Waals surface area (Å²) in [6.45, 7) is 0. The predicted molar refractivity (Wildman–Crippen MR) is 361 cm³/mol. The van der Waals surface area contributed by atoms with Crippen LogP contribution in [0.15, 0.2) is 315 Å². The zero-order valence-corrected chi connectivity index (χ0v) is 45.9. The molecule has 7 heteroatoms. The lowest BCUT2D eigenvalue weighted by atomic mass is 9.64. The monoisotopic (exact) mass is 1150 g/mol. The molecular weight excluding hydrogens is 1070 g/mol. The number of hydrogen-bond donors (Lipinski definition) is 0. The third-order valence-corrected chi connectivity index (χ3v) is 20.8. The van der Waals surface area contributed by atoms with Crippen molar-refractivity contribution in [3.63, 3.8) is 0 Å². The maximum Gasteiger partial charge on any atom is 0.240 e. The number of benzene rings is 13. The van der Waals surface area contributed by atoms with Crippen molar-refractivity contribution in [1.29, 1.82) is 0 Å². The number of nitrogens with zero attached hydrogens (tertiary/aromatic N) is 6. The van der Waals surface area contributed by atoms with E-state index in [9.17, 15) is 27.4 Å². The molecule has 0 saturated heterocycles. The average Bonchev–Trinajstić information content (AvgIpc) is 1.57. The maximum absolute atomic E-state index is 11.3. The summed E-state index contributed by atoms with van der Waals surface area (Å²) in [5, 5.41) is -3.55. The van der Waals surface area contributed by atoms with E-state index in [0.717, 1.165) is 47.7 Å². The van der Waals surface area contributed by atoms with Crippen LogP contribution < -0.4 is 25.6 Å². The smallest absolute Gasteiger partial charge is 0.240 e. The van der Waals surface area contributed by atoms with Crippen molar-refractivity contribution in [2.75, 3.05) is 4.90 Å². The molecule has 4 heterocycles. The fourth-order valence-electron chi connectivity index (χ4n) is 13.2. The second-order valence-electron chi connectivity index (χ2n) is 20.8. The van der Waals surface area contributed by atoms with Crippen LogP contribution in [-0.2, 0) is 5.41 Å². The van der Waals surface area contributed by atoms with Crippen LogP contribution in [0.4, 0.5) is 17.1 Å². The van der Waals surface area contributed by atoms with Crippen molar-refractivity contribution in [1.82, 2.24) is 24.1 Å². The summed E-state index contributed by atoms with van der Waals surface area (Å²) >= 11 is 0. The van der Waals surface area contributed by atoms with E-state index in [1.54, 1.807) is 12.1 Å². The molecule has 2 aliphatic rings. The van der Waals surface area contributed by atoms with Crippen molar-refractivity contribution in [2.24, 2.45) is 0 Å². The van der Waals surface area contributed by atoms with Gasteiger partial charge in [0.2, 0.25) is 11.9 Å².